The average Bonchev–Trinajstić information content (AvgIpc) is 3.16. The molecule has 2 heterocycles. The number of nitrogens with one attached hydrogen (secondary N) is 1. The third-order valence-electron chi connectivity index (χ3n) is 4.18. The fraction of sp³-hybridized carbons (Fsp3) is 0.278. The monoisotopic (exact) mass is 464 g/mol. The molecule has 13 heteroatoms. The molecule has 1 aromatic carbocycles. The first kappa shape index (κ1) is 22.3. The lowest BCUT2D eigenvalue weighted by atomic mass is 10.2. The van der Waals surface area contributed by atoms with Crippen molar-refractivity contribution < 1.29 is 4.74 Å². The second-order valence-corrected chi connectivity index (χ2v) is 7.79. The van der Waals surface area contributed by atoms with Crippen LogP contribution < -0.4 is 32.9 Å². The molecule has 0 bridgehead atoms. The quantitative estimate of drug-likeness (QED) is 0.232. The molecule has 11 nitrogen and oxygen atoms in total. The largest absolute Gasteiger partial charge is 0.497 e. The number of halogens is 1. The van der Waals surface area contributed by atoms with E-state index in [9.17, 15) is 9.59 Å². The predicted octanol–water partition coefficient (Wildman–Crippen LogP) is 0.305. The number of nitrogens with zero attached hydrogens (tertiary/aromatic N) is 5. The molecule has 31 heavy (non-hydrogen) atoms. The molecule has 0 aliphatic heterocycles. The summed E-state index contributed by atoms with van der Waals surface area (Å²) in [5.74, 6) is 0.752. The van der Waals surface area contributed by atoms with E-state index in [0.29, 0.717) is 15.9 Å². The number of ether oxygens (including phenoxy) is 1. The molecule has 0 amide bonds. The van der Waals surface area contributed by atoms with Crippen molar-refractivity contribution in [1.29, 1.82) is 0 Å². The van der Waals surface area contributed by atoms with Gasteiger partial charge in [0.15, 0.2) is 10.4 Å². The SMILES string of the molecule is COc1ccc(Cn2c(NCCN=C(N)N)nc(=O)n(Cc3csc(Cl)n3)c2=O)cc1. The van der Waals surface area contributed by atoms with Crippen LogP contribution in [0, 0.1) is 0 Å². The number of nitrogens with two attached hydrogens (primary N) is 2. The number of hydrogen-bond acceptors (Lipinski definition) is 8. The van der Waals surface area contributed by atoms with Crippen LogP contribution in [0.4, 0.5) is 5.95 Å². The first-order valence-electron chi connectivity index (χ1n) is 9.11. The Morgan fingerprint density at radius 1 is 1.19 bits per heavy atom. The summed E-state index contributed by atoms with van der Waals surface area (Å²) in [5.41, 5.74) is 10.7. The minimum Gasteiger partial charge on any atom is -0.497 e. The van der Waals surface area contributed by atoms with Gasteiger partial charge in [0.05, 0.1) is 32.4 Å². The number of hydrogen-bond donors (Lipinski definition) is 3. The molecule has 0 saturated carbocycles. The highest BCUT2D eigenvalue weighted by molar-refractivity contribution is 7.13. The molecule has 0 radical (unpaired) electrons. The normalized spacial score (nSPS) is 10.6. The Labute approximate surface area is 186 Å². The minimum atomic E-state index is -0.704. The maximum atomic E-state index is 13.2. The maximum absolute atomic E-state index is 13.2. The molecule has 0 aliphatic rings. The molecule has 2 aromatic heterocycles. The third kappa shape index (κ3) is 5.83. The van der Waals surface area contributed by atoms with Crippen LogP contribution in [0.3, 0.4) is 0 Å². The Kier molecular flexibility index (Phi) is 7.26. The summed E-state index contributed by atoms with van der Waals surface area (Å²) >= 11 is 7.08. The maximum Gasteiger partial charge on any atom is 0.355 e. The van der Waals surface area contributed by atoms with Gasteiger partial charge in [0, 0.05) is 11.9 Å². The molecule has 0 spiro atoms. The summed E-state index contributed by atoms with van der Waals surface area (Å²) in [6.07, 6.45) is 0. The molecule has 0 fully saturated rings. The van der Waals surface area contributed by atoms with Crippen molar-refractivity contribution in [3.05, 3.63) is 66.3 Å². The smallest absolute Gasteiger partial charge is 0.355 e. The van der Waals surface area contributed by atoms with Crippen LogP contribution in [0.15, 0.2) is 44.2 Å². The van der Waals surface area contributed by atoms with Gasteiger partial charge in [0.1, 0.15) is 5.75 Å². The lowest BCUT2D eigenvalue weighted by Crippen LogP contribution is -2.43. The van der Waals surface area contributed by atoms with Crippen LogP contribution in [0.1, 0.15) is 11.3 Å². The minimum absolute atomic E-state index is 0.0369. The zero-order valence-electron chi connectivity index (χ0n) is 16.6. The van der Waals surface area contributed by atoms with Gasteiger partial charge in [-0.2, -0.15) is 4.98 Å². The Hall–Kier alpha value is -3.38. The molecule has 164 valence electrons. The molecule has 0 saturated heterocycles. The van der Waals surface area contributed by atoms with E-state index in [-0.39, 0.29) is 38.1 Å². The second kappa shape index (κ2) is 10.1. The number of thiazole rings is 1. The molecule has 3 rings (SSSR count). The van der Waals surface area contributed by atoms with Crippen LogP contribution >= 0.6 is 22.9 Å². The van der Waals surface area contributed by atoms with Gasteiger partial charge in [-0.25, -0.2) is 19.1 Å². The average molecular weight is 465 g/mol. The molecule has 0 aliphatic carbocycles. The molecular formula is C18H21ClN8O3S. The Balaban J connectivity index is 1.96. The van der Waals surface area contributed by atoms with Crippen LogP contribution in [0.2, 0.25) is 4.47 Å². The van der Waals surface area contributed by atoms with Gasteiger partial charge < -0.3 is 21.5 Å². The molecule has 5 N–H and O–H groups in total. The van der Waals surface area contributed by atoms with Gasteiger partial charge >= 0.3 is 11.4 Å². The summed E-state index contributed by atoms with van der Waals surface area (Å²) in [5, 5.41) is 4.63. The zero-order chi connectivity index (χ0) is 22.4. The lowest BCUT2D eigenvalue weighted by Gasteiger charge is -2.15. The number of methoxy groups -OCH3 is 1. The van der Waals surface area contributed by atoms with E-state index in [1.54, 1.807) is 24.6 Å². The first-order chi connectivity index (χ1) is 14.9. The summed E-state index contributed by atoms with van der Waals surface area (Å²) in [6, 6.07) is 7.22. The van der Waals surface area contributed by atoms with E-state index in [4.69, 9.17) is 27.8 Å². The number of benzene rings is 1. The van der Waals surface area contributed by atoms with Crippen LogP contribution in [0.25, 0.3) is 0 Å². The van der Waals surface area contributed by atoms with Crippen molar-refractivity contribution >= 4 is 34.8 Å². The third-order valence-corrected chi connectivity index (χ3v) is 5.21. The Morgan fingerprint density at radius 3 is 2.55 bits per heavy atom. The van der Waals surface area contributed by atoms with Crippen molar-refractivity contribution in [2.24, 2.45) is 16.5 Å². The molecule has 3 aromatic rings. The summed E-state index contributed by atoms with van der Waals surface area (Å²) in [7, 11) is 1.57. The van der Waals surface area contributed by atoms with E-state index < -0.39 is 11.4 Å². The van der Waals surface area contributed by atoms with Crippen LogP contribution in [0.5, 0.6) is 5.75 Å². The number of rotatable bonds is 9. The predicted molar refractivity (Wildman–Crippen MR) is 120 cm³/mol. The topological polar surface area (TPSA) is 155 Å². The summed E-state index contributed by atoms with van der Waals surface area (Å²) < 4.78 is 7.87. The van der Waals surface area contributed by atoms with E-state index in [2.05, 4.69) is 20.3 Å². The van der Waals surface area contributed by atoms with E-state index in [1.165, 1.54) is 15.9 Å². The van der Waals surface area contributed by atoms with E-state index in [1.807, 2.05) is 12.1 Å². The standard InChI is InChI=1S/C18H21ClN8O3S/c1-30-13-4-2-11(3-5-13)8-26-16(23-7-6-22-15(20)21)25-17(28)27(18(26)29)9-12-10-31-14(19)24-12/h2-5,10H,6-9H2,1H3,(H4,20,21,22)(H,23,25,28). The van der Waals surface area contributed by atoms with Gasteiger partial charge in [0.2, 0.25) is 5.95 Å². The molecule has 0 unspecified atom stereocenters. The van der Waals surface area contributed by atoms with Gasteiger partial charge in [-0.3, -0.25) is 9.56 Å². The summed E-state index contributed by atoms with van der Waals surface area (Å²) in [6.45, 7) is 0.669. The number of aliphatic imine (C=N–C) groups is 1. The van der Waals surface area contributed by atoms with Gasteiger partial charge in [-0.1, -0.05) is 23.7 Å². The number of aromatic nitrogens is 4. The fourth-order valence-corrected chi connectivity index (χ4v) is 3.50. The number of guanidine groups is 1. The van der Waals surface area contributed by atoms with E-state index in [0.717, 1.165) is 10.1 Å². The van der Waals surface area contributed by atoms with Crippen molar-refractivity contribution in [1.82, 2.24) is 19.1 Å². The molecule has 0 atom stereocenters. The highest BCUT2D eigenvalue weighted by Crippen LogP contribution is 2.15. The van der Waals surface area contributed by atoms with Crippen molar-refractivity contribution in [3.8, 4) is 5.75 Å². The van der Waals surface area contributed by atoms with Gasteiger partial charge in [0.25, 0.3) is 0 Å². The second-order valence-electron chi connectivity index (χ2n) is 6.35. The van der Waals surface area contributed by atoms with Crippen molar-refractivity contribution in [2.75, 3.05) is 25.5 Å². The van der Waals surface area contributed by atoms with Crippen LogP contribution in [-0.4, -0.2) is 45.3 Å². The summed E-state index contributed by atoms with van der Waals surface area (Å²) in [4.78, 5) is 37.8. The van der Waals surface area contributed by atoms with Crippen LogP contribution in [-0.2, 0) is 13.1 Å². The highest BCUT2D eigenvalue weighted by Gasteiger charge is 2.15. The Morgan fingerprint density at radius 2 is 1.94 bits per heavy atom. The van der Waals surface area contributed by atoms with Crippen molar-refractivity contribution in [2.45, 2.75) is 13.1 Å². The van der Waals surface area contributed by atoms with Gasteiger partial charge in [-0.15, -0.1) is 11.3 Å². The first-order valence-corrected chi connectivity index (χ1v) is 10.4. The lowest BCUT2D eigenvalue weighted by molar-refractivity contribution is 0.414. The van der Waals surface area contributed by atoms with E-state index >= 15 is 0 Å². The van der Waals surface area contributed by atoms with Crippen molar-refractivity contribution in [3.63, 3.8) is 0 Å². The molecular weight excluding hydrogens is 444 g/mol. The Bertz CT molecular complexity index is 1180. The fourth-order valence-electron chi connectivity index (χ4n) is 2.73. The number of anilines is 1. The zero-order valence-corrected chi connectivity index (χ0v) is 18.2. The van der Waals surface area contributed by atoms with Gasteiger partial charge in [-0.05, 0) is 17.7 Å². The highest BCUT2D eigenvalue weighted by atomic mass is 35.5.